The van der Waals surface area contributed by atoms with Crippen LogP contribution >= 0.6 is 0 Å². The Balaban J connectivity index is 1.65. The van der Waals surface area contributed by atoms with E-state index in [4.69, 9.17) is 9.47 Å². The van der Waals surface area contributed by atoms with Crippen molar-refractivity contribution >= 4 is 17.5 Å². The van der Waals surface area contributed by atoms with Crippen molar-refractivity contribution in [3.63, 3.8) is 0 Å². The maximum absolute atomic E-state index is 13.1. The van der Waals surface area contributed by atoms with Gasteiger partial charge in [-0.05, 0) is 43.9 Å². The molecule has 29 heavy (non-hydrogen) atoms. The Morgan fingerprint density at radius 1 is 1.17 bits per heavy atom. The molecule has 1 aromatic heterocycles. The molecule has 4 rings (SSSR count). The summed E-state index contributed by atoms with van der Waals surface area (Å²) in [5, 5.41) is 2.92. The van der Waals surface area contributed by atoms with Crippen molar-refractivity contribution in [2.24, 2.45) is 0 Å². The van der Waals surface area contributed by atoms with Crippen LogP contribution in [0.2, 0.25) is 0 Å². The summed E-state index contributed by atoms with van der Waals surface area (Å²) in [5.41, 5.74) is 2.76. The van der Waals surface area contributed by atoms with E-state index >= 15 is 0 Å². The number of carbonyl (C=O) groups is 2. The maximum Gasteiger partial charge on any atom is 0.290 e. The minimum atomic E-state index is -0.319. The van der Waals surface area contributed by atoms with Crippen LogP contribution in [0.1, 0.15) is 45.2 Å². The Morgan fingerprint density at radius 2 is 1.97 bits per heavy atom. The van der Waals surface area contributed by atoms with Gasteiger partial charge in [0.05, 0.1) is 31.7 Å². The number of nitrogens with zero attached hydrogens (tertiary/aromatic N) is 3. The second-order valence-electron chi connectivity index (χ2n) is 7.40. The predicted octanol–water partition coefficient (Wildman–Crippen LogP) is 2.26. The summed E-state index contributed by atoms with van der Waals surface area (Å²) in [6.45, 7) is 4.80. The zero-order valence-electron chi connectivity index (χ0n) is 16.9. The standard InChI is InChI=1S/C21H26N4O4/c1-14-6-7-17(28-2)15(13-14)22-20(26)18-16-5-3-4-8-25(16)19(23-18)21(27)24-9-11-29-12-10-24/h6-7,13H,3-5,8-12H2,1-2H3,(H,22,26). The molecule has 2 aromatic rings. The molecule has 2 aliphatic heterocycles. The highest BCUT2D eigenvalue weighted by molar-refractivity contribution is 6.05. The lowest BCUT2D eigenvalue weighted by atomic mass is 10.1. The largest absolute Gasteiger partial charge is 0.495 e. The zero-order chi connectivity index (χ0) is 20.4. The highest BCUT2D eigenvalue weighted by Crippen LogP contribution is 2.27. The number of hydrogen-bond acceptors (Lipinski definition) is 5. The lowest BCUT2D eigenvalue weighted by Crippen LogP contribution is -2.42. The van der Waals surface area contributed by atoms with Crippen LogP contribution in [0.4, 0.5) is 5.69 Å². The second-order valence-corrected chi connectivity index (χ2v) is 7.40. The summed E-state index contributed by atoms with van der Waals surface area (Å²) >= 11 is 0. The molecular weight excluding hydrogens is 372 g/mol. The maximum atomic E-state index is 13.1. The first-order chi connectivity index (χ1) is 14.1. The molecule has 0 unspecified atom stereocenters. The summed E-state index contributed by atoms with van der Waals surface area (Å²) in [6.07, 6.45) is 2.68. The van der Waals surface area contributed by atoms with Crippen molar-refractivity contribution in [1.29, 1.82) is 0 Å². The molecule has 0 atom stereocenters. The highest BCUT2D eigenvalue weighted by atomic mass is 16.5. The van der Waals surface area contributed by atoms with Gasteiger partial charge in [-0.1, -0.05) is 6.07 Å². The van der Waals surface area contributed by atoms with Gasteiger partial charge in [-0.3, -0.25) is 9.59 Å². The molecule has 2 amide bonds. The fourth-order valence-corrected chi connectivity index (χ4v) is 3.90. The lowest BCUT2D eigenvalue weighted by Gasteiger charge is -2.27. The van der Waals surface area contributed by atoms with E-state index in [0.29, 0.717) is 55.8 Å². The van der Waals surface area contributed by atoms with E-state index in [1.54, 1.807) is 12.0 Å². The van der Waals surface area contributed by atoms with Crippen molar-refractivity contribution in [3.05, 3.63) is 41.0 Å². The second kappa shape index (κ2) is 8.24. The van der Waals surface area contributed by atoms with Crippen LogP contribution in [-0.2, 0) is 17.7 Å². The van der Waals surface area contributed by atoms with Crippen molar-refractivity contribution in [2.45, 2.75) is 32.7 Å². The SMILES string of the molecule is COc1ccc(C)cc1NC(=O)c1nc(C(=O)N2CCOCC2)n2c1CCCC2. The topological polar surface area (TPSA) is 85.7 Å². The molecular formula is C21H26N4O4. The average molecular weight is 398 g/mol. The van der Waals surface area contributed by atoms with Crippen LogP contribution in [0.3, 0.4) is 0 Å². The number of aryl methyl sites for hydroxylation is 1. The summed E-state index contributed by atoms with van der Waals surface area (Å²) in [6, 6.07) is 5.60. The molecule has 0 aliphatic carbocycles. The monoisotopic (exact) mass is 398 g/mol. The smallest absolute Gasteiger partial charge is 0.290 e. The van der Waals surface area contributed by atoms with Gasteiger partial charge < -0.3 is 24.3 Å². The lowest BCUT2D eigenvalue weighted by molar-refractivity contribution is 0.0291. The summed E-state index contributed by atoms with van der Waals surface area (Å²) in [4.78, 5) is 32.4. The van der Waals surface area contributed by atoms with E-state index in [2.05, 4.69) is 10.3 Å². The third kappa shape index (κ3) is 3.85. The Morgan fingerprint density at radius 3 is 2.72 bits per heavy atom. The number of morpholine rings is 1. The summed E-state index contributed by atoms with van der Waals surface area (Å²) < 4.78 is 12.6. The van der Waals surface area contributed by atoms with Gasteiger partial charge in [-0.15, -0.1) is 0 Å². The van der Waals surface area contributed by atoms with E-state index in [-0.39, 0.29) is 11.8 Å². The number of imidazole rings is 1. The van der Waals surface area contributed by atoms with Gasteiger partial charge >= 0.3 is 0 Å². The van der Waals surface area contributed by atoms with Crippen LogP contribution in [0.5, 0.6) is 5.75 Å². The Labute approximate surface area is 169 Å². The number of methoxy groups -OCH3 is 1. The van der Waals surface area contributed by atoms with E-state index in [9.17, 15) is 9.59 Å². The number of carbonyl (C=O) groups excluding carboxylic acids is 2. The molecule has 2 aliphatic rings. The number of fused-ring (bicyclic) bond motifs is 1. The molecule has 0 spiro atoms. The Hall–Kier alpha value is -2.87. The van der Waals surface area contributed by atoms with Crippen molar-refractivity contribution < 1.29 is 19.1 Å². The quantitative estimate of drug-likeness (QED) is 0.854. The van der Waals surface area contributed by atoms with Gasteiger partial charge in [-0.2, -0.15) is 0 Å². The van der Waals surface area contributed by atoms with E-state index in [0.717, 1.165) is 30.5 Å². The molecule has 8 nitrogen and oxygen atoms in total. The number of amides is 2. The van der Waals surface area contributed by atoms with Crippen molar-refractivity contribution in [2.75, 3.05) is 38.7 Å². The number of anilines is 1. The summed E-state index contributed by atoms with van der Waals surface area (Å²) in [5.74, 6) is 0.480. The third-order valence-corrected chi connectivity index (χ3v) is 5.43. The molecule has 1 aromatic carbocycles. The normalized spacial score (nSPS) is 16.3. The molecule has 154 valence electrons. The van der Waals surface area contributed by atoms with Crippen LogP contribution in [-0.4, -0.2) is 59.7 Å². The molecule has 3 heterocycles. The first-order valence-corrected chi connectivity index (χ1v) is 10.0. The molecule has 0 bridgehead atoms. The van der Waals surface area contributed by atoms with Gasteiger partial charge in [0.25, 0.3) is 11.8 Å². The molecule has 8 heteroatoms. The molecule has 1 saturated heterocycles. The molecule has 1 fully saturated rings. The Kier molecular flexibility index (Phi) is 5.53. The van der Waals surface area contributed by atoms with Gasteiger partial charge in [0, 0.05) is 19.6 Å². The third-order valence-electron chi connectivity index (χ3n) is 5.43. The van der Waals surface area contributed by atoms with Crippen LogP contribution < -0.4 is 10.1 Å². The van der Waals surface area contributed by atoms with E-state index < -0.39 is 0 Å². The van der Waals surface area contributed by atoms with Gasteiger partial charge in [-0.25, -0.2) is 4.98 Å². The van der Waals surface area contributed by atoms with Crippen LogP contribution in [0.25, 0.3) is 0 Å². The number of aromatic nitrogens is 2. The number of ether oxygens (including phenoxy) is 2. The number of nitrogens with one attached hydrogen (secondary N) is 1. The van der Waals surface area contributed by atoms with Crippen molar-refractivity contribution in [3.8, 4) is 5.75 Å². The average Bonchev–Trinajstić information content (AvgIpc) is 3.14. The molecule has 0 saturated carbocycles. The highest BCUT2D eigenvalue weighted by Gasteiger charge is 2.30. The van der Waals surface area contributed by atoms with E-state index in [1.165, 1.54) is 0 Å². The van der Waals surface area contributed by atoms with E-state index in [1.807, 2.05) is 29.7 Å². The van der Waals surface area contributed by atoms with Crippen molar-refractivity contribution in [1.82, 2.24) is 14.5 Å². The number of benzene rings is 1. The van der Waals surface area contributed by atoms with Gasteiger partial charge in [0.15, 0.2) is 11.5 Å². The van der Waals surface area contributed by atoms with Crippen LogP contribution in [0.15, 0.2) is 18.2 Å². The fourth-order valence-electron chi connectivity index (χ4n) is 3.90. The summed E-state index contributed by atoms with van der Waals surface area (Å²) in [7, 11) is 1.57. The predicted molar refractivity (Wildman–Crippen MR) is 108 cm³/mol. The first kappa shape index (κ1) is 19.4. The Bertz CT molecular complexity index is 931. The number of rotatable bonds is 4. The van der Waals surface area contributed by atoms with Crippen LogP contribution in [0, 0.1) is 6.92 Å². The fraction of sp³-hybridized carbons (Fsp3) is 0.476. The van der Waals surface area contributed by atoms with Gasteiger partial charge in [0.1, 0.15) is 5.75 Å². The zero-order valence-corrected chi connectivity index (χ0v) is 16.9. The minimum Gasteiger partial charge on any atom is -0.495 e. The minimum absolute atomic E-state index is 0.136. The molecule has 0 radical (unpaired) electrons. The number of hydrogen-bond donors (Lipinski definition) is 1. The first-order valence-electron chi connectivity index (χ1n) is 10.0. The van der Waals surface area contributed by atoms with Gasteiger partial charge in [0.2, 0.25) is 0 Å². The molecule has 1 N–H and O–H groups in total.